The largest absolute Gasteiger partial charge is 0.508 e. The van der Waals surface area contributed by atoms with Crippen molar-refractivity contribution in [2.24, 2.45) is 0 Å². The number of hydrogen-bond donors (Lipinski definition) is 2. The molecule has 128 valence electrons. The Bertz CT molecular complexity index is 555. The van der Waals surface area contributed by atoms with Crippen molar-refractivity contribution in [3.05, 3.63) is 23.8 Å². The molecule has 1 fully saturated rings. The highest BCUT2D eigenvalue weighted by atomic mass is 19.3. The first-order chi connectivity index (χ1) is 10.7. The van der Waals surface area contributed by atoms with E-state index >= 15 is 0 Å². The molecular formula is C14H16F4N2O3. The van der Waals surface area contributed by atoms with E-state index in [4.69, 9.17) is 0 Å². The summed E-state index contributed by atoms with van der Waals surface area (Å²) in [5, 5.41) is 18.7. The molecular weight excluding hydrogens is 320 g/mol. The highest BCUT2D eigenvalue weighted by molar-refractivity contribution is 5.95. The van der Waals surface area contributed by atoms with Crippen molar-refractivity contribution in [3.8, 4) is 11.5 Å². The second kappa shape index (κ2) is 6.61. The van der Waals surface area contributed by atoms with Crippen LogP contribution in [0.5, 0.6) is 11.5 Å². The molecule has 0 aromatic heterocycles. The zero-order chi connectivity index (χ0) is 17.2. The van der Waals surface area contributed by atoms with Gasteiger partial charge >= 0.3 is 12.3 Å². The predicted octanol–water partition coefficient (Wildman–Crippen LogP) is 1.76. The van der Waals surface area contributed by atoms with Crippen LogP contribution in [0.1, 0.15) is 10.4 Å². The van der Waals surface area contributed by atoms with Crippen molar-refractivity contribution in [2.75, 3.05) is 32.7 Å². The molecule has 0 radical (unpaired) electrons. The Kier molecular flexibility index (Phi) is 4.98. The summed E-state index contributed by atoms with van der Waals surface area (Å²) in [6, 6.07) is 3.43. The molecule has 1 aromatic rings. The number of phenols is 2. The van der Waals surface area contributed by atoms with Crippen LogP contribution in [0.4, 0.5) is 17.6 Å². The van der Waals surface area contributed by atoms with Crippen LogP contribution in [-0.4, -0.2) is 71.0 Å². The Morgan fingerprint density at radius 3 is 2.09 bits per heavy atom. The SMILES string of the molecule is O=C(c1cc(O)cc(O)c1)N1CCN(CC(F)(F)C(F)F)CC1. The molecule has 0 bridgehead atoms. The van der Waals surface area contributed by atoms with E-state index in [1.165, 1.54) is 21.9 Å². The predicted molar refractivity (Wildman–Crippen MR) is 73.1 cm³/mol. The number of aromatic hydroxyl groups is 2. The fourth-order valence-corrected chi connectivity index (χ4v) is 2.38. The molecule has 2 N–H and O–H groups in total. The zero-order valence-corrected chi connectivity index (χ0v) is 12.1. The van der Waals surface area contributed by atoms with E-state index in [0.29, 0.717) is 0 Å². The van der Waals surface area contributed by atoms with Crippen LogP contribution in [0.3, 0.4) is 0 Å². The van der Waals surface area contributed by atoms with Crippen molar-refractivity contribution >= 4 is 5.91 Å². The van der Waals surface area contributed by atoms with Gasteiger partial charge in [-0.2, -0.15) is 8.78 Å². The molecule has 0 aliphatic carbocycles. The number of hydrogen-bond acceptors (Lipinski definition) is 4. The van der Waals surface area contributed by atoms with Gasteiger partial charge in [-0.1, -0.05) is 0 Å². The number of benzene rings is 1. The van der Waals surface area contributed by atoms with Crippen molar-refractivity contribution in [2.45, 2.75) is 12.3 Å². The summed E-state index contributed by atoms with van der Waals surface area (Å²) in [6.07, 6.45) is -3.72. The number of phenolic OH excluding ortho intramolecular Hbond substituents is 2. The van der Waals surface area contributed by atoms with Gasteiger partial charge in [0.15, 0.2) is 0 Å². The molecule has 1 aliphatic rings. The highest BCUT2D eigenvalue weighted by Crippen LogP contribution is 2.25. The van der Waals surface area contributed by atoms with E-state index in [1.54, 1.807) is 0 Å². The molecule has 9 heteroatoms. The van der Waals surface area contributed by atoms with E-state index in [1.807, 2.05) is 0 Å². The number of rotatable bonds is 4. The van der Waals surface area contributed by atoms with Crippen molar-refractivity contribution in [1.29, 1.82) is 0 Å². The molecule has 0 spiro atoms. The summed E-state index contributed by atoms with van der Waals surface area (Å²) in [4.78, 5) is 14.8. The topological polar surface area (TPSA) is 64.0 Å². The molecule has 1 amide bonds. The lowest BCUT2D eigenvalue weighted by Crippen LogP contribution is -2.52. The first-order valence-electron chi connectivity index (χ1n) is 6.89. The van der Waals surface area contributed by atoms with E-state index in [2.05, 4.69) is 0 Å². The maximum absolute atomic E-state index is 13.0. The first kappa shape index (κ1) is 17.3. The molecule has 0 saturated carbocycles. The van der Waals surface area contributed by atoms with Gasteiger partial charge in [0.25, 0.3) is 5.91 Å². The normalized spacial score (nSPS) is 16.8. The first-order valence-corrected chi connectivity index (χ1v) is 6.89. The van der Waals surface area contributed by atoms with Crippen molar-refractivity contribution in [1.82, 2.24) is 9.80 Å². The van der Waals surface area contributed by atoms with E-state index in [-0.39, 0.29) is 43.2 Å². The third-order valence-corrected chi connectivity index (χ3v) is 3.56. The maximum Gasteiger partial charge on any atom is 0.319 e. The lowest BCUT2D eigenvalue weighted by atomic mass is 10.1. The van der Waals surface area contributed by atoms with Gasteiger partial charge in [0.05, 0.1) is 6.54 Å². The third kappa shape index (κ3) is 4.25. The van der Waals surface area contributed by atoms with E-state index < -0.39 is 24.8 Å². The quantitative estimate of drug-likeness (QED) is 0.823. The van der Waals surface area contributed by atoms with Gasteiger partial charge in [-0.3, -0.25) is 9.69 Å². The average molecular weight is 336 g/mol. The van der Waals surface area contributed by atoms with Crippen molar-refractivity contribution in [3.63, 3.8) is 0 Å². The van der Waals surface area contributed by atoms with E-state index in [9.17, 15) is 32.6 Å². The zero-order valence-electron chi connectivity index (χ0n) is 12.1. The summed E-state index contributed by atoms with van der Waals surface area (Å²) in [6.45, 7) is -0.791. The average Bonchev–Trinajstić information content (AvgIpc) is 2.45. The standard InChI is InChI=1S/C14H16F4N2O3/c15-13(16)14(17,18)8-19-1-3-20(4-2-19)12(23)9-5-10(21)7-11(22)6-9/h5-7,13,21-22H,1-4,8H2. The van der Waals surface area contributed by atoms with Gasteiger partial charge < -0.3 is 15.1 Å². The highest BCUT2D eigenvalue weighted by Gasteiger charge is 2.42. The molecule has 1 aliphatic heterocycles. The van der Waals surface area contributed by atoms with E-state index in [0.717, 1.165) is 6.07 Å². The summed E-state index contributed by atoms with van der Waals surface area (Å²) >= 11 is 0. The van der Waals surface area contributed by atoms with Crippen LogP contribution in [0.15, 0.2) is 18.2 Å². The number of alkyl halides is 4. The Morgan fingerprint density at radius 1 is 1.09 bits per heavy atom. The fraction of sp³-hybridized carbons (Fsp3) is 0.500. The second-order valence-corrected chi connectivity index (χ2v) is 5.37. The lowest BCUT2D eigenvalue weighted by molar-refractivity contribution is -0.144. The summed E-state index contributed by atoms with van der Waals surface area (Å²) in [5.41, 5.74) is 0.0638. The van der Waals surface area contributed by atoms with Gasteiger partial charge in [-0.05, 0) is 12.1 Å². The number of carbonyl (C=O) groups excluding carboxylic acids is 1. The number of nitrogens with zero attached hydrogens (tertiary/aromatic N) is 2. The number of piperazine rings is 1. The molecule has 1 heterocycles. The summed E-state index contributed by atoms with van der Waals surface area (Å²) in [5.74, 6) is -5.10. The van der Waals surface area contributed by atoms with Crippen molar-refractivity contribution < 1.29 is 32.6 Å². The van der Waals surface area contributed by atoms with Gasteiger partial charge in [0.1, 0.15) is 11.5 Å². The second-order valence-electron chi connectivity index (χ2n) is 5.37. The van der Waals surface area contributed by atoms with Gasteiger partial charge in [-0.25, -0.2) is 8.78 Å². The minimum absolute atomic E-state index is 0.0405. The van der Waals surface area contributed by atoms with Crippen LogP contribution in [0.25, 0.3) is 0 Å². The third-order valence-electron chi connectivity index (χ3n) is 3.56. The number of carbonyl (C=O) groups is 1. The summed E-state index contributed by atoms with van der Waals surface area (Å²) in [7, 11) is 0. The Morgan fingerprint density at radius 2 is 1.61 bits per heavy atom. The summed E-state index contributed by atoms with van der Waals surface area (Å²) < 4.78 is 50.4. The molecule has 2 rings (SSSR count). The van der Waals surface area contributed by atoms with Gasteiger partial charge in [0.2, 0.25) is 0 Å². The number of halogens is 4. The Balaban J connectivity index is 1.95. The molecule has 23 heavy (non-hydrogen) atoms. The molecule has 0 atom stereocenters. The monoisotopic (exact) mass is 336 g/mol. The minimum Gasteiger partial charge on any atom is -0.508 e. The van der Waals surface area contributed by atoms with Gasteiger partial charge in [-0.15, -0.1) is 0 Å². The smallest absolute Gasteiger partial charge is 0.319 e. The van der Waals surface area contributed by atoms with Crippen LogP contribution < -0.4 is 0 Å². The van der Waals surface area contributed by atoms with Crippen LogP contribution in [-0.2, 0) is 0 Å². The molecule has 1 aromatic carbocycles. The molecule has 5 nitrogen and oxygen atoms in total. The molecule has 0 unspecified atom stereocenters. The Hall–Kier alpha value is -2.03. The van der Waals surface area contributed by atoms with Crippen LogP contribution in [0, 0.1) is 0 Å². The fourth-order valence-electron chi connectivity index (χ4n) is 2.38. The van der Waals surface area contributed by atoms with Crippen LogP contribution >= 0.6 is 0 Å². The minimum atomic E-state index is -4.08. The maximum atomic E-state index is 13.0. The molecule has 1 saturated heterocycles. The van der Waals surface area contributed by atoms with Crippen LogP contribution in [0.2, 0.25) is 0 Å². The lowest BCUT2D eigenvalue weighted by Gasteiger charge is -2.36. The van der Waals surface area contributed by atoms with Gasteiger partial charge in [0, 0.05) is 37.8 Å². The Labute approximate surface area is 129 Å². The number of amides is 1.